The Morgan fingerprint density at radius 1 is 1.21 bits per heavy atom. The van der Waals surface area contributed by atoms with E-state index in [1.54, 1.807) is 19.1 Å². The zero-order valence-corrected chi connectivity index (χ0v) is 15.3. The first-order valence-electron chi connectivity index (χ1n) is 8.42. The van der Waals surface area contributed by atoms with E-state index in [-0.39, 0.29) is 10.8 Å². The SMILES string of the molecule is CCCCNC(=O)c1ccc2c(c1)S(=O)(=O)N=C(C)N2CCCC. The molecule has 1 aromatic rings. The highest BCUT2D eigenvalue weighted by atomic mass is 32.2. The van der Waals surface area contributed by atoms with Gasteiger partial charge in [0, 0.05) is 18.7 Å². The summed E-state index contributed by atoms with van der Waals surface area (Å²) in [5, 5.41) is 2.81. The molecule has 132 valence electrons. The van der Waals surface area contributed by atoms with E-state index in [9.17, 15) is 13.2 Å². The molecule has 0 radical (unpaired) electrons. The van der Waals surface area contributed by atoms with E-state index in [0.29, 0.717) is 30.2 Å². The molecule has 0 fully saturated rings. The summed E-state index contributed by atoms with van der Waals surface area (Å²) >= 11 is 0. The number of nitrogens with zero attached hydrogens (tertiary/aromatic N) is 2. The largest absolute Gasteiger partial charge is 0.352 e. The van der Waals surface area contributed by atoms with E-state index in [1.807, 2.05) is 11.8 Å². The molecular formula is C17H25N3O3S. The Hall–Kier alpha value is -1.89. The summed E-state index contributed by atoms with van der Waals surface area (Å²) in [5.74, 6) is 0.212. The molecule has 0 saturated heterocycles. The van der Waals surface area contributed by atoms with Gasteiger partial charge in [0.2, 0.25) is 0 Å². The molecule has 1 aliphatic heterocycles. The topological polar surface area (TPSA) is 78.8 Å². The minimum absolute atomic E-state index is 0.104. The third-order valence-corrected chi connectivity index (χ3v) is 5.37. The molecule has 0 saturated carbocycles. The van der Waals surface area contributed by atoms with Crippen molar-refractivity contribution in [3.8, 4) is 0 Å². The highest BCUT2D eigenvalue weighted by molar-refractivity contribution is 7.90. The first-order chi connectivity index (χ1) is 11.4. The average Bonchev–Trinajstić information content (AvgIpc) is 2.54. The minimum Gasteiger partial charge on any atom is -0.352 e. The maximum absolute atomic E-state index is 12.4. The fourth-order valence-electron chi connectivity index (χ4n) is 2.61. The van der Waals surface area contributed by atoms with Crippen LogP contribution in [0.25, 0.3) is 0 Å². The first-order valence-corrected chi connectivity index (χ1v) is 9.86. The van der Waals surface area contributed by atoms with Crippen LogP contribution >= 0.6 is 0 Å². The maximum atomic E-state index is 12.4. The highest BCUT2D eigenvalue weighted by Crippen LogP contribution is 2.32. The third-order valence-electron chi connectivity index (χ3n) is 3.98. The first kappa shape index (κ1) is 18.4. The van der Waals surface area contributed by atoms with Crippen molar-refractivity contribution >= 4 is 27.5 Å². The molecule has 2 rings (SSSR count). The molecule has 0 spiro atoms. The number of unbranched alkanes of at least 4 members (excludes halogenated alkanes) is 2. The van der Waals surface area contributed by atoms with Crippen LogP contribution in [0.2, 0.25) is 0 Å². The van der Waals surface area contributed by atoms with Gasteiger partial charge >= 0.3 is 0 Å². The number of amidine groups is 1. The number of carbonyl (C=O) groups excluding carboxylic acids is 1. The molecule has 0 bridgehead atoms. The van der Waals surface area contributed by atoms with Crippen molar-refractivity contribution in [2.75, 3.05) is 18.0 Å². The lowest BCUT2D eigenvalue weighted by atomic mass is 10.1. The zero-order chi connectivity index (χ0) is 17.7. The Balaban J connectivity index is 2.35. The monoisotopic (exact) mass is 351 g/mol. The van der Waals surface area contributed by atoms with Gasteiger partial charge in [-0.1, -0.05) is 26.7 Å². The van der Waals surface area contributed by atoms with Gasteiger partial charge in [-0.2, -0.15) is 8.42 Å². The Morgan fingerprint density at radius 3 is 2.58 bits per heavy atom. The van der Waals surface area contributed by atoms with E-state index >= 15 is 0 Å². The molecule has 1 N–H and O–H groups in total. The van der Waals surface area contributed by atoms with Gasteiger partial charge in [0.15, 0.2) is 0 Å². The van der Waals surface area contributed by atoms with E-state index in [2.05, 4.69) is 16.6 Å². The van der Waals surface area contributed by atoms with Crippen molar-refractivity contribution < 1.29 is 13.2 Å². The number of anilines is 1. The molecule has 0 aliphatic carbocycles. The minimum atomic E-state index is -3.76. The normalized spacial score (nSPS) is 15.6. The second-order valence-electron chi connectivity index (χ2n) is 5.91. The summed E-state index contributed by atoms with van der Waals surface area (Å²) in [6, 6.07) is 4.81. The Labute approximate surface area is 144 Å². The summed E-state index contributed by atoms with van der Waals surface area (Å²) in [4.78, 5) is 14.2. The highest BCUT2D eigenvalue weighted by Gasteiger charge is 2.29. The number of nitrogens with one attached hydrogen (secondary N) is 1. The molecule has 7 heteroatoms. The second-order valence-corrected chi connectivity index (χ2v) is 7.48. The second kappa shape index (κ2) is 7.79. The van der Waals surface area contributed by atoms with Crippen LogP contribution in [0, 0.1) is 0 Å². The summed E-state index contributed by atoms with van der Waals surface area (Å²) in [6.45, 7) is 7.11. The van der Waals surface area contributed by atoms with Gasteiger partial charge in [0.1, 0.15) is 10.7 Å². The molecule has 0 unspecified atom stereocenters. The van der Waals surface area contributed by atoms with Crippen molar-refractivity contribution in [3.63, 3.8) is 0 Å². The predicted molar refractivity (Wildman–Crippen MR) is 96.2 cm³/mol. The third kappa shape index (κ3) is 3.95. The number of hydrogen-bond donors (Lipinski definition) is 1. The molecule has 1 aromatic carbocycles. The van der Waals surface area contributed by atoms with Gasteiger partial charge in [-0.15, -0.1) is 4.40 Å². The maximum Gasteiger partial charge on any atom is 0.286 e. The molecule has 6 nitrogen and oxygen atoms in total. The van der Waals surface area contributed by atoms with Gasteiger partial charge < -0.3 is 10.2 Å². The Morgan fingerprint density at radius 2 is 1.92 bits per heavy atom. The summed E-state index contributed by atoms with van der Waals surface area (Å²) < 4.78 is 28.6. The van der Waals surface area contributed by atoms with Crippen LogP contribution in [0.15, 0.2) is 27.5 Å². The smallest absolute Gasteiger partial charge is 0.286 e. The van der Waals surface area contributed by atoms with Crippen molar-refractivity contribution in [2.45, 2.75) is 51.3 Å². The molecule has 1 aliphatic rings. The van der Waals surface area contributed by atoms with Crippen LogP contribution in [0.1, 0.15) is 56.8 Å². The molecule has 1 heterocycles. The Kier molecular flexibility index (Phi) is 5.99. The van der Waals surface area contributed by atoms with Crippen LogP contribution in [0.4, 0.5) is 5.69 Å². The lowest BCUT2D eigenvalue weighted by Gasteiger charge is -2.29. The average molecular weight is 351 g/mol. The fourth-order valence-corrected chi connectivity index (χ4v) is 3.87. The van der Waals surface area contributed by atoms with Crippen LogP contribution in [-0.2, 0) is 10.0 Å². The lowest BCUT2D eigenvalue weighted by molar-refractivity contribution is 0.0953. The molecule has 24 heavy (non-hydrogen) atoms. The summed E-state index contributed by atoms with van der Waals surface area (Å²) in [6.07, 6.45) is 3.82. The van der Waals surface area contributed by atoms with Crippen molar-refractivity contribution in [2.24, 2.45) is 4.40 Å². The summed E-state index contributed by atoms with van der Waals surface area (Å²) in [7, 11) is -3.76. The molecular weight excluding hydrogens is 326 g/mol. The molecule has 0 aromatic heterocycles. The van der Waals surface area contributed by atoms with Gasteiger partial charge in [0.05, 0.1) is 5.69 Å². The number of benzene rings is 1. The quantitative estimate of drug-likeness (QED) is 0.766. The van der Waals surface area contributed by atoms with Gasteiger partial charge in [-0.05, 0) is 38.0 Å². The molecule has 1 amide bonds. The summed E-state index contributed by atoms with van der Waals surface area (Å²) in [5.41, 5.74) is 0.944. The number of carbonyl (C=O) groups is 1. The van der Waals surface area contributed by atoms with Crippen LogP contribution in [-0.4, -0.2) is 33.3 Å². The lowest BCUT2D eigenvalue weighted by Crippen LogP contribution is -2.35. The fraction of sp³-hybridized carbons (Fsp3) is 0.529. The van der Waals surface area contributed by atoms with E-state index < -0.39 is 10.0 Å². The number of hydrogen-bond acceptors (Lipinski definition) is 4. The number of fused-ring (bicyclic) bond motifs is 1. The van der Waals surface area contributed by atoms with Crippen molar-refractivity contribution in [1.82, 2.24) is 5.32 Å². The van der Waals surface area contributed by atoms with E-state index in [4.69, 9.17) is 0 Å². The number of rotatable bonds is 7. The number of amides is 1. The van der Waals surface area contributed by atoms with Crippen molar-refractivity contribution in [3.05, 3.63) is 23.8 Å². The van der Waals surface area contributed by atoms with E-state index in [1.165, 1.54) is 6.07 Å². The van der Waals surface area contributed by atoms with Crippen LogP contribution in [0.5, 0.6) is 0 Å². The van der Waals surface area contributed by atoms with Crippen LogP contribution < -0.4 is 10.2 Å². The van der Waals surface area contributed by atoms with Gasteiger partial charge in [-0.3, -0.25) is 4.79 Å². The van der Waals surface area contributed by atoms with Gasteiger partial charge in [0.25, 0.3) is 15.9 Å². The Bertz CT molecular complexity index is 741. The number of sulfonamides is 1. The van der Waals surface area contributed by atoms with Gasteiger partial charge in [-0.25, -0.2) is 0 Å². The molecule has 0 atom stereocenters. The zero-order valence-electron chi connectivity index (χ0n) is 14.5. The van der Waals surface area contributed by atoms with Crippen molar-refractivity contribution in [1.29, 1.82) is 0 Å². The standard InChI is InChI=1S/C17H25N3O3S/c1-4-6-10-18-17(21)14-8-9-15-16(12-14)24(22,23)19-13(3)20(15)11-7-5-2/h8-9,12H,4-7,10-11H2,1-3H3,(H,18,21). The van der Waals surface area contributed by atoms with E-state index in [0.717, 1.165) is 25.7 Å². The van der Waals surface area contributed by atoms with Crippen LogP contribution in [0.3, 0.4) is 0 Å². The predicted octanol–water partition coefficient (Wildman–Crippen LogP) is 2.94.